The highest BCUT2D eigenvalue weighted by atomic mass is 16.6. The number of ether oxygens (including phenoxy) is 3. The molecule has 0 aromatic heterocycles. The van der Waals surface area contributed by atoms with E-state index in [1.54, 1.807) is 0 Å². The molecule has 0 heterocycles. The Morgan fingerprint density at radius 1 is 0.280 bits per heavy atom. The maximum Gasteiger partial charge on any atom is 0.306 e. The van der Waals surface area contributed by atoms with Crippen LogP contribution in [0.4, 0.5) is 0 Å². The lowest BCUT2D eigenvalue weighted by molar-refractivity contribution is -0.167. The van der Waals surface area contributed by atoms with Gasteiger partial charge in [-0.2, -0.15) is 0 Å². The molecule has 0 fully saturated rings. The Hall–Kier alpha value is -3.93. The monoisotopic (exact) mass is 1040 g/mol. The van der Waals surface area contributed by atoms with E-state index < -0.39 is 6.10 Å². The molecule has 6 heteroatoms. The highest BCUT2D eigenvalue weighted by Gasteiger charge is 2.19. The van der Waals surface area contributed by atoms with Crippen molar-refractivity contribution in [1.29, 1.82) is 0 Å². The molecule has 6 nitrogen and oxygen atoms in total. The molecule has 1 atom stereocenters. The summed E-state index contributed by atoms with van der Waals surface area (Å²) < 4.78 is 16.8. The SMILES string of the molecule is CC/C=C\C/C=C\C/C=C\C/C=C\C/C=C\CCCC(=O)OC(COC(=O)CCCCCCCCCCCCC)COC(=O)CCCCCCCCCCCCCCCCCC/C=C\C/C=C\C/C=C\C/C=C\CC. The summed E-state index contributed by atoms with van der Waals surface area (Å²) >= 11 is 0. The van der Waals surface area contributed by atoms with Crippen LogP contribution >= 0.6 is 0 Å². The average molecular weight is 1040 g/mol. The van der Waals surface area contributed by atoms with E-state index >= 15 is 0 Å². The average Bonchev–Trinajstić information content (AvgIpc) is 3.41. The van der Waals surface area contributed by atoms with Crippen molar-refractivity contribution < 1.29 is 28.6 Å². The van der Waals surface area contributed by atoms with Crippen molar-refractivity contribution >= 4 is 17.9 Å². The lowest BCUT2D eigenvalue weighted by Gasteiger charge is -2.18. The number of rotatable bonds is 56. The summed E-state index contributed by atoms with van der Waals surface area (Å²) in [6.45, 7) is 6.38. The highest BCUT2D eigenvalue weighted by Crippen LogP contribution is 2.16. The zero-order valence-corrected chi connectivity index (χ0v) is 49.0. The van der Waals surface area contributed by atoms with Crippen LogP contribution < -0.4 is 0 Å². The molecule has 0 aliphatic carbocycles. The van der Waals surface area contributed by atoms with Gasteiger partial charge in [-0.3, -0.25) is 14.4 Å². The molecule has 0 bridgehead atoms. The molecule has 0 amide bonds. The molecule has 428 valence electrons. The van der Waals surface area contributed by atoms with E-state index in [9.17, 15) is 14.4 Å². The lowest BCUT2D eigenvalue weighted by atomic mass is 10.0. The van der Waals surface area contributed by atoms with Crippen LogP contribution in [0, 0.1) is 0 Å². The molecule has 0 aromatic carbocycles. The predicted octanol–water partition coefficient (Wildman–Crippen LogP) is 21.4. The van der Waals surface area contributed by atoms with Gasteiger partial charge in [0.05, 0.1) is 0 Å². The van der Waals surface area contributed by atoms with E-state index in [0.717, 1.165) is 103 Å². The second-order valence-electron chi connectivity index (χ2n) is 20.6. The van der Waals surface area contributed by atoms with Crippen molar-refractivity contribution in [2.24, 2.45) is 0 Å². The van der Waals surface area contributed by atoms with Crippen molar-refractivity contribution in [1.82, 2.24) is 0 Å². The van der Waals surface area contributed by atoms with Crippen molar-refractivity contribution in [3.8, 4) is 0 Å². The topological polar surface area (TPSA) is 78.9 Å². The molecule has 0 rings (SSSR count). The van der Waals surface area contributed by atoms with Gasteiger partial charge in [0.25, 0.3) is 0 Å². The van der Waals surface area contributed by atoms with E-state index in [4.69, 9.17) is 14.2 Å². The summed E-state index contributed by atoms with van der Waals surface area (Å²) in [7, 11) is 0. The van der Waals surface area contributed by atoms with Crippen molar-refractivity contribution in [3.05, 3.63) is 109 Å². The van der Waals surface area contributed by atoms with Gasteiger partial charge in [0.2, 0.25) is 0 Å². The first kappa shape index (κ1) is 71.1. The van der Waals surface area contributed by atoms with E-state index in [1.165, 1.54) is 141 Å². The van der Waals surface area contributed by atoms with Crippen LogP contribution in [0.15, 0.2) is 109 Å². The van der Waals surface area contributed by atoms with Gasteiger partial charge in [-0.1, -0.05) is 284 Å². The van der Waals surface area contributed by atoms with Crippen LogP contribution in [0.5, 0.6) is 0 Å². The Labute approximate surface area is 463 Å². The third kappa shape index (κ3) is 60.8. The Kier molecular flexibility index (Phi) is 59.3. The van der Waals surface area contributed by atoms with Gasteiger partial charge in [0.1, 0.15) is 13.2 Å². The van der Waals surface area contributed by atoms with E-state index in [2.05, 4.69) is 130 Å². The van der Waals surface area contributed by atoms with E-state index in [-0.39, 0.29) is 37.5 Å². The van der Waals surface area contributed by atoms with Gasteiger partial charge in [-0.05, 0) is 96.3 Å². The minimum atomic E-state index is -0.806. The Balaban J connectivity index is 4.25. The summed E-state index contributed by atoms with van der Waals surface area (Å²) in [6.07, 6.45) is 85.4. The molecule has 0 spiro atoms. The number of esters is 3. The number of allylic oxidation sites excluding steroid dienone is 18. The first-order chi connectivity index (χ1) is 37.0. The largest absolute Gasteiger partial charge is 0.462 e. The fraction of sp³-hybridized carbons (Fsp3) is 0.696. The molecule has 0 aromatic rings. The molecule has 0 radical (unpaired) electrons. The summed E-state index contributed by atoms with van der Waals surface area (Å²) in [4.78, 5) is 38.2. The van der Waals surface area contributed by atoms with Crippen LogP contribution in [0.3, 0.4) is 0 Å². The van der Waals surface area contributed by atoms with Gasteiger partial charge in [0, 0.05) is 19.3 Å². The number of hydrogen-bond donors (Lipinski definition) is 0. The van der Waals surface area contributed by atoms with Gasteiger partial charge in [-0.25, -0.2) is 0 Å². The highest BCUT2D eigenvalue weighted by molar-refractivity contribution is 5.71. The van der Waals surface area contributed by atoms with Gasteiger partial charge >= 0.3 is 17.9 Å². The first-order valence-electron chi connectivity index (χ1n) is 31.4. The molecule has 0 aliphatic heterocycles. The fourth-order valence-corrected chi connectivity index (χ4v) is 8.65. The zero-order chi connectivity index (χ0) is 54.3. The van der Waals surface area contributed by atoms with Crippen LogP contribution in [0.25, 0.3) is 0 Å². The smallest absolute Gasteiger partial charge is 0.306 e. The van der Waals surface area contributed by atoms with Crippen molar-refractivity contribution in [2.75, 3.05) is 13.2 Å². The Bertz CT molecular complexity index is 1520. The zero-order valence-electron chi connectivity index (χ0n) is 49.0. The predicted molar refractivity (Wildman–Crippen MR) is 325 cm³/mol. The molecule has 75 heavy (non-hydrogen) atoms. The molecule has 0 saturated carbocycles. The summed E-state index contributed by atoms with van der Waals surface area (Å²) in [5.74, 6) is -0.951. The molecule has 0 saturated heterocycles. The molecular formula is C69H116O6. The minimum Gasteiger partial charge on any atom is -0.462 e. The standard InChI is InChI=1S/C69H116O6/c1-4-7-10-13-16-19-22-24-26-28-29-30-31-32-33-34-35-36-37-38-39-41-42-44-47-50-53-56-59-62-68(71)74-65-66(64-73-67(70)61-58-55-52-49-46-21-18-15-12-9-6-3)75-69(72)63-60-57-54-51-48-45-43-40-27-25-23-20-17-14-11-8-5-2/h7-8,10-11,16-17,19-20,24-27,29-30,43,45,51,54,66H,4-6,9,12-15,18,21-23,28,31-42,44,46-50,52-53,55-65H2,1-3H3/b10-7-,11-8-,19-16-,20-17-,26-24-,27-25-,30-29-,45-43-,54-51-. The second kappa shape index (κ2) is 62.6. The normalized spacial score (nSPS) is 12.8. The minimum absolute atomic E-state index is 0.0979. The van der Waals surface area contributed by atoms with Crippen LogP contribution in [-0.2, 0) is 28.6 Å². The Morgan fingerprint density at radius 3 is 0.853 bits per heavy atom. The van der Waals surface area contributed by atoms with Crippen LogP contribution in [0.2, 0.25) is 0 Å². The van der Waals surface area contributed by atoms with Crippen LogP contribution in [0.1, 0.15) is 290 Å². The fourth-order valence-electron chi connectivity index (χ4n) is 8.65. The maximum atomic E-state index is 12.8. The van der Waals surface area contributed by atoms with Crippen molar-refractivity contribution in [3.63, 3.8) is 0 Å². The lowest BCUT2D eigenvalue weighted by Crippen LogP contribution is -2.30. The second-order valence-corrected chi connectivity index (χ2v) is 20.6. The summed E-state index contributed by atoms with van der Waals surface area (Å²) in [6, 6.07) is 0. The van der Waals surface area contributed by atoms with Crippen LogP contribution in [-0.4, -0.2) is 37.2 Å². The molecule has 0 N–H and O–H groups in total. The third-order valence-electron chi connectivity index (χ3n) is 13.3. The molecule has 1 unspecified atom stereocenters. The van der Waals surface area contributed by atoms with Crippen molar-refractivity contribution in [2.45, 2.75) is 297 Å². The van der Waals surface area contributed by atoms with E-state index in [1.807, 2.05) is 0 Å². The third-order valence-corrected chi connectivity index (χ3v) is 13.3. The van der Waals surface area contributed by atoms with Gasteiger partial charge in [0.15, 0.2) is 6.10 Å². The van der Waals surface area contributed by atoms with E-state index in [0.29, 0.717) is 19.3 Å². The Morgan fingerprint density at radius 2 is 0.533 bits per heavy atom. The number of unbranched alkanes of at least 4 members (excludes halogenated alkanes) is 27. The molecule has 0 aliphatic rings. The molecular weight excluding hydrogens is 925 g/mol. The number of carbonyl (C=O) groups excluding carboxylic acids is 3. The van der Waals surface area contributed by atoms with Gasteiger partial charge in [-0.15, -0.1) is 0 Å². The first-order valence-corrected chi connectivity index (χ1v) is 31.4. The maximum absolute atomic E-state index is 12.8. The summed E-state index contributed by atoms with van der Waals surface area (Å²) in [5.41, 5.74) is 0. The number of carbonyl (C=O) groups is 3. The van der Waals surface area contributed by atoms with Gasteiger partial charge < -0.3 is 14.2 Å². The number of hydrogen-bond acceptors (Lipinski definition) is 6. The quantitative estimate of drug-likeness (QED) is 0.0261. The summed E-state index contributed by atoms with van der Waals surface area (Å²) in [5, 5.41) is 0.